The number of ether oxygens (including phenoxy) is 1. The van der Waals surface area contributed by atoms with Crippen molar-refractivity contribution in [2.75, 3.05) is 6.61 Å². The van der Waals surface area contributed by atoms with Gasteiger partial charge in [-0.2, -0.15) is 0 Å². The van der Waals surface area contributed by atoms with Crippen LogP contribution in [-0.4, -0.2) is 23.4 Å². The van der Waals surface area contributed by atoms with Crippen LogP contribution in [0.15, 0.2) is 59.1 Å². The lowest BCUT2D eigenvalue weighted by molar-refractivity contribution is -0.121. The molecule has 7 heteroatoms. The number of nitrogens with zero attached hydrogens (tertiary/aromatic N) is 1. The van der Waals surface area contributed by atoms with Crippen molar-refractivity contribution in [1.82, 2.24) is 15.8 Å². The summed E-state index contributed by atoms with van der Waals surface area (Å²) in [5, 5.41) is 0. The Hall–Kier alpha value is -3.61. The monoisotopic (exact) mass is 393 g/mol. The molecule has 2 amide bonds. The molecule has 1 aromatic heterocycles. The van der Waals surface area contributed by atoms with Gasteiger partial charge in [0.05, 0.1) is 12.8 Å². The lowest BCUT2D eigenvalue weighted by Gasteiger charge is -2.08. The zero-order chi connectivity index (χ0) is 20.6. The molecule has 0 aliphatic heterocycles. The number of aryl methyl sites for hydroxylation is 2. The molecule has 2 aromatic carbocycles. The number of hydrogen-bond acceptors (Lipinski definition) is 5. The minimum Gasteiger partial charge on any atom is -0.494 e. The molecule has 3 rings (SSSR count). The van der Waals surface area contributed by atoms with Gasteiger partial charge in [0.2, 0.25) is 5.91 Å². The lowest BCUT2D eigenvalue weighted by atomic mass is 10.1. The van der Waals surface area contributed by atoms with E-state index in [1.165, 1.54) is 0 Å². The Morgan fingerprint density at radius 3 is 2.45 bits per heavy atom. The highest BCUT2D eigenvalue weighted by Crippen LogP contribution is 2.21. The van der Waals surface area contributed by atoms with Crippen molar-refractivity contribution in [3.05, 3.63) is 71.7 Å². The van der Waals surface area contributed by atoms with Gasteiger partial charge in [-0.05, 0) is 38.1 Å². The summed E-state index contributed by atoms with van der Waals surface area (Å²) in [4.78, 5) is 28.3. The van der Waals surface area contributed by atoms with E-state index in [4.69, 9.17) is 9.15 Å². The third-order valence-electron chi connectivity index (χ3n) is 4.20. The fourth-order valence-electron chi connectivity index (χ4n) is 2.63. The van der Waals surface area contributed by atoms with E-state index < -0.39 is 5.91 Å². The molecule has 150 valence electrons. The van der Waals surface area contributed by atoms with E-state index in [9.17, 15) is 9.59 Å². The first-order chi connectivity index (χ1) is 14.0. The summed E-state index contributed by atoms with van der Waals surface area (Å²) >= 11 is 0. The number of hydrogen-bond donors (Lipinski definition) is 2. The van der Waals surface area contributed by atoms with Crippen LogP contribution in [0.1, 0.15) is 35.2 Å². The van der Waals surface area contributed by atoms with Gasteiger partial charge in [-0.15, -0.1) is 0 Å². The first-order valence-corrected chi connectivity index (χ1v) is 9.39. The SMILES string of the molecule is CCOc1ccc(C(=O)NNC(=O)CCc2ncc(-c3ccc(C)cc3)o2)cc1. The van der Waals surface area contributed by atoms with Crippen LogP contribution in [0.3, 0.4) is 0 Å². The molecular weight excluding hydrogens is 370 g/mol. The molecule has 0 fully saturated rings. The van der Waals surface area contributed by atoms with Crippen molar-refractivity contribution in [3.63, 3.8) is 0 Å². The van der Waals surface area contributed by atoms with Gasteiger partial charge in [0, 0.05) is 24.0 Å². The maximum absolute atomic E-state index is 12.1. The summed E-state index contributed by atoms with van der Waals surface area (Å²) in [6, 6.07) is 14.6. The summed E-state index contributed by atoms with van der Waals surface area (Å²) in [5.74, 6) is 1.07. The number of aromatic nitrogens is 1. The number of amides is 2. The number of carbonyl (C=O) groups excluding carboxylic acids is 2. The predicted molar refractivity (Wildman–Crippen MR) is 108 cm³/mol. The molecular formula is C22H23N3O4. The smallest absolute Gasteiger partial charge is 0.269 e. The van der Waals surface area contributed by atoms with Crippen LogP contribution < -0.4 is 15.6 Å². The molecule has 0 saturated carbocycles. The van der Waals surface area contributed by atoms with Gasteiger partial charge in [-0.25, -0.2) is 4.98 Å². The van der Waals surface area contributed by atoms with Crippen LogP contribution in [0, 0.1) is 6.92 Å². The molecule has 3 aromatic rings. The molecule has 0 unspecified atom stereocenters. The van der Waals surface area contributed by atoms with Gasteiger partial charge < -0.3 is 9.15 Å². The largest absolute Gasteiger partial charge is 0.494 e. The summed E-state index contributed by atoms with van der Waals surface area (Å²) in [6.45, 7) is 4.46. The van der Waals surface area contributed by atoms with E-state index in [-0.39, 0.29) is 12.3 Å². The number of benzene rings is 2. The molecule has 0 radical (unpaired) electrons. The third kappa shape index (κ3) is 5.68. The van der Waals surface area contributed by atoms with Crippen LogP contribution in [-0.2, 0) is 11.2 Å². The fourth-order valence-corrected chi connectivity index (χ4v) is 2.63. The number of carbonyl (C=O) groups is 2. The maximum atomic E-state index is 12.1. The van der Waals surface area contributed by atoms with Gasteiger partial charge >= 0.3 is 0 Å². The Kier molecular flexibility index (Phi) is 6.63. The Balaban J connectivity index is 1.45. The van der Waals surface area contributed by atoms with Crippen LogP contribution in [0.2, 0.25) is 0 Å². The number of nitrogens with one attached hydrogen (secondary N) is 2. The second kappa shape index (κ2) is 9.54. The van der Waals surface area contributed by atoms with E-state index in [1.807, 2.05) is 38.1 Å². The zero-order valence-corrected chi connectivity index (χ0v) is 16.4. The molecule has 0 aliphatic rings. The second-order valence-electron chi connectivity index (χ2n) is 6.44. The van der Waals surface area contributed by atoms with Crippen LogP contribution >= 0.6 is 0 Å². The predicted octanol–water partition coefficient (Wildman–Crippen LogP) is 3.44. The van der Waals surface area contributed by atoms with Crippen molar-refractivity contribution in [3.8, 4) is 17.1 Å². The van der Waals surface area contributed by atoms with Crippen LogP contribution in [0.25, 0.3) is 11.3 Å². The van der Waals surface area contributed by atoms with Crippen molar-refractivity contribution >= 4 is 11.8 Å². The highest BCUT2D eigenvalue weighted by molar-refractivity contribution is 5.95. The van der Waals surface area contributed by atoms with E-state index in [2.05, 4.69) is 15.8 Å². The average molecular weight is 393 g/mol. The third-order valence-corrected chi connectivity index (χ3v) is 4.20. The van der Waals surface area contributed by atoms with E-state index in [0.717, 1.165) is 11.1 Å². The standard InChI is InChI=1S/C22H23N3O4/c1-3-28-18-10-8-17(9-11-18)22(27)25-24-20(26)12-13-21-23-14-19(29-21)16-6-4-15(2)5-7-16/h4-11,14H,3,12-13H2,1-2H3,(H,24,26)(H,25,27). The molecule has 0 aliphatic carbocycles. The van der Waals surface area contributed by atoms with Crippen molar-refractivity contribution < 1.29 is 18.7 Å². The second-order valence-corrected chi connectivity index (χ2v) is 6.44. The maximum Gasteiger partial charge on any atom is 0.269 e. The molecule has 0 atom stereocenters. The highest BCUT2D eigenvalue weighted by atomic mass is 16.5. The van der Waals surface area contributed by atoms with E-state index in [1.54, 1.807) is 30.5 Å². The topological polar surface area (TPSA) is 93.5 Å². The minimum atomic E-state index is -0.404. The molecule has 0 bridgehead atoms. The van der Waals surface area contributed by atoms with Crippen molar-refractivity contribution in [1.29, 1.82) is 0 Å². The molecule has 0 spiro atoms. The summed E-state index contributed by atoms with van der Waals surface area (Å²) < 4.78 is 11.0. The van der Waals surface area contributed by atoms with Gasteiger partial charge in [-0.3, -0.25) is 20.4 Å². The first-order valence-electron chi connectivity index (χ1n) is 9.39. The van der Waals surface area contributed by atoms with Crippen molar-refractivity contribution in [2.45, 2.75) is 26.7 Å². The van der Waals surface area contributed by atoms with Gasteiger partial charge in [-0.1, -0.05) is 29.8 Å². The van der Waals surface area contributed by atoms with Gasteiger partial charge in [0.15, 0.2) is 11.7 Å². The Morgan fingerprint density at radius 2 is 1.76 bits per heavy atom. The fraction of sp³-hybridized carbons (Fsp3) is 0.227. The average Bonchev–Trinajstić information content (AvgIpc) is 3.21. The summed E-state index contributed by atoms with van der Waals surface area (Å²) in [6.07, 6.45) is 2.11. The molecule has 2 N–H and O–H groups in total. The summed E-state index contributed by atoms with van der Waals surface area (Å²) in [7, 11) is 0. The molecule has 0 saturated heterocycles. The Morgan fingerprint density at radius 1 is 1.03 bits per heavy atom. The van der Waals surface area contributed by atoms with Crippen molar-refractivity contribution in [2.24, 2.45) is 0 Å². The molecule has 29 heavy (non-hydrogen) atoms. The number of hydrazine groups is 1. The highest BCUT2D eigenvalue weighted by Gasteiger charge is 2.11. The van der Waals surface area contributed by atoms with E-state index in [0.29, 0.717) is 36.0 Å². The Labute approximate surface area is 169 Å². The quantitative estimate of drug-likeness (QED) is 0.600. The molecule has 7 nitrogen and oxygen atoms in total. The Bertz CT molecular complexity index is 962. The normalized spacial score (nSPS) is 10.4. The lowest BCUT2D eigenvalue weighted by Crippen LogP contribution is -2.41. The van der Waals surface area contributed by atoms with E-state index >= 15 is 0 Å². The number of rotatable bonds is 7. The van der Waals surface area contributed by atoms with Crippen LogP contribution in [0.4, 0.5) is 0 Å². The first kappa shape index (κ1) is 20.1. The van der Waals surface area contributed by atoms with Gasteiger partial charge in [0.25, 0.3) is 5.91 Å². The zero-order valence-electron chi connectivity index (χ0n) is 16.4. The summed E-state index contributed by atoms with van der Waals surface area (Å²) in [5.41, 5.74) is 7.31. The van der Waals surface area contributed by atoms with Crippen LogP contribution in [0.5, 0.6) is 5.75 Å². The number of oxazole rings is 1. The molecule has 1 heterocycles. The minimum absolute atomic E-state index is 0.136. The van der Waals surface area contributed by atoms with Gasteiger partial charge in [0.1, 0.15) is 5.75 Å².